The number of nitrogens with one attached hydrogen (secondary N) is 1. The van der Waals surface area contributed by atoms with Crippen LogP contribution in [0.1, 0.15) is 31.1 Å². The summed E-state index contributed by atoms with van der Waals surface area (Å²) in [5, 5.41) is 2.70. The van der Waals surface area contributed by atoms with Crippen LogP contribution >= 0.6 is 11.6 Å². The lowest BCUT2D eigenvalue weighted by Gasteiger charge is -2.29. The maximum Gasteiger partial charge on any atom is 0.255 e. The van der Waals surface area contributed by atoms with Crippen LogP contribution in [-0.4, -0.2) is 31.0 Å². The van der Waals surface area contributed by atoms with Gasteiger partial charge in [0.1, 0.15) is 11.5 Å². The van der Waals surface area contributed by atoms with E-state index < -0.39 is 5.54 Å². The van der Waals surface area contributed by atoms with E-state index in [-0.39, 0.29) is 11.3 Å². The molecule has 4 nitrogen and oxygen atoms in total. The lowest BCUT2D eigenvalue weighted by Crippen LogP contribution is -2.49. The first-order chi connectivity index (χ1) is 8.81. The summed E-state index contributed by atoms with van der Waals surface area (Å²) in [6.07, 6.45) is 0. The minimum absolute atomic E-state index is 0.194. The molecular formula is C14H20ClNO3. The second kappa shape index (κ2) is 6.15. The van der Waals surface area contributed by atoms with Crippen LogP contribution in [-0.2, 0) is 0 Å². The van der Waals surface area contributed by atoms with Crippen LogP contribution in [0.15, 0.2) is 18.2 Å². The van der Waals surface area contributed by atoms with Gasteiger partial charge in [0, 0.05) is 6.07 Å². The van der Waals surface area contributed by atoms with Gasteiger partial charge in [-0.3, -0.25) is 4.79 Å². The largest absolute Gasteiger partial charge is 0.497 e. The van der Waals surface area contributed by atoms with E-state index >= 15 is 0 Å². The lowest BCUT2D eigenvalue weighted by molar-refractivity contribution is 0.0909. The third-order valence-electron chi connectivity index (χ3n) is 3.08. The molecule has 1 atom stereocenters. The van der Waals surface area contributed by atoms with Crippen molar-refractivity contribution in [1.29, 1.82) is 0 Å². The number of carbonyl (C=O) groups excluding carboxylic acids is 1. The Morgan fingerprint density at radius 2 is 1.95 bits per heavy atom. The summed E-state index contributed by atoms with van der Waals surface area (Å²) in [7, 11) is 3.08. The van der Waals surface area contributed by atoms with Crippen LogP contribution in [0.25, 0.3) is 0 Å². The van der Waals surface area contributed by atoms with E-state index in [1.807, 2.05) is 20.8 Å². The molecule has 0 aliphatic rings. The van der Waals surface area contributed by atoms with E-state index in [1.165, 1.54) is 7.11 Å². The van der Waals surface area contributed by atoms with E-state index in [9.17, 15) is 4.79 Å². The Kier molecular flexibility index (Phi) is 5.06. The van der Waals surface area contributed by atoms with Crippen LogP contribution in [0.2, 0.25) is 0 Å². The average molecular weight is 286 g/mol. The molecule has 106 valence electrons. The molecule has 0 saturated heterocycles. The summed E-state index contributed by atoms with van der Waals surface area (Å²) < 4.78 is 10.3. The van der Waals surface area contributed by atoms with E-state index in [0.29, 0.717) is 17.1 Å². The van der Waals surface area contributed by atoms with Gasteiger partial charge < -0.3 is 14.8 Å². The van der Waals surface area contributed by atoms with Gasteiger partial charge in [-0.05, 0) is 32.9 Å². The minimum Gasteiger partial charge on any atom is -0.497 e. The van der Waals surface area contributed by atoms with Crippen LogP contribution in [0, 0.1) is 0 Å². The second-order valence-electron chi connectivity index (χ2n) is 4.86. The van der Waals surface area contributed by atoms with E-state index in [0.717, 1.165) is 0 Å². The second-order valence-corrected chi connectivity index (χ2v) is 5.51. The molecule has 0 aliphatic heterocycles. The number of methoxy groups -OCH3 is 2. The number of amides is 1. The fraction of sp³-hybridized carbons (Fsp3) is 0.500. The van der Waals surface area contributed by atoms with Crippen LogP contribution in [0.3, 0.4) is 0 Å². The Labute approximate surface area is 119 Å². The first-order valence-electron chi connectivity index (χ1n) is 6.00. The van der Waals surface area contributed by atoms with Gasteiger partial charge in [-0.25, -0.2) is 0 Å². The number of carbonyl (C=O) groups is 1. The highest BCUT2D eigenvalue weighted by molar-refractivity contribution is 6.21. The molecule has 19 heavy (non-hydrogen) atoms. The molecule has 0 bridgehead atoms. The van der Waals surface area contributed by atoms with Crippen molar-refractivity contribution in [1.82, 2.24) is 5.32 Å². The summed E-state index contributed by atoms with van der Waals surface area (Å²) in [5.74, 6) is 0.880. The Morgan fingerprint density at radius 1 is 1.32 bits per heavy atom. The predicted molar refractivity (Wildman–Crippen MR) is 76.4 cm³/mol. The molecule has 0 heterocycles. The Bertz CT molecular complexity index is 458. The SMILES string of the molecule is COc1ccc(C(=O)NC(C)(C)C(C)Cl)c(OC)c1. The van der Waals surface area contributed by atoms with Crippen molar-refractivity contribution in [3.05, 3.63) is 23.8 Å². The molecule has 1 N–H and O–H groups in total. The fourth-order valence-corrected chi connectivity index (χ4v) is 1.50. The monoisotopic (exact) mass is 285 g/mol. The van der Waals surface area contributed by atoms with Crippen LogP contribution in [0.4, 0.5) is 0 Å². The summed E-state index contributed by atoms with van der Waals surface area (Å²) >= 11 is 6.06. The van der Waals surface area contributed by atoms with Gasteiger partial charge in [0.15, 0.2) is 0 Å². The maximum atomic E-state index is 12.3. The third-order valence-corrected chi connectivity index (χ3v) is 3.63. The van der Waals surface area contributed by atoms with Crippen molar-refractivity contribution in [2.24, 2.45) is 0 Å². The smallest absolute Gasteiger partial charge is 0.255 e. The molecular weight excluding hydrogens is 266 g/mol. The Hall–Kier alpha value is -1.42. The van der Waals surface area contributed by atoms with Gasteiger partial charge in [-0.15, -0.1) is 11.6 Å². The molecule has 1 aromatic rings. The van der Waals surface area contributed by atoms with Crippen molar-refractivity contribution in [3.63, 3.8) is 0 Å². The molecule has 1 aromatic carbocycles. The van der Waals surface area contributed by atoms with Gasteiger partial charge in [0.25, 0.3) is 5.91 Å². The fourth-order valence-electron chi connectivity index (χ4n) is 1.45. The van der Waals surface area contributed by atoms with Gasteiger partial charge in [-0.1, -0.05) is 0 Å². The number of benzene rings is 1. The van der Waals surface area contributed by atoms with Crippen molar-refractivity contribution in [2.75, 3.05) is 14.2 Å². The number of rotatable bonds is 5. The standard InChI is InChI=1S/C14H20ClNO3/c1-9(15)14(2,3)16-13(17)11-7-6-10(18-4)8-12(11)19-5/h6-9H,1-5H3,(H,16,17). The molecule has 0 radical (unpaired) electrons. The number of hydrogen-bond donors (Lipinski definition) is 1. The van der Waals surface area contributed by atoms with E-state index in [4.69, 9.17) is 21.1 Å². The molecule has 1 unspecified atom stereocenters. The molecule has 0 saturated carbocycles. The average Bonchev–Trinajstić information content (AvgIpc) is 2.37. The van der Waals surface area contributed by atoms with Crippen molar-refractivity contribution in [3.8, 4) is 11.5 Å². The predicted octanol–water partition coefficient (Wildman–Crippen LogP) is 2.84. The third kappa shape index (κ3) is 3.77. The van der Waals surface area contributed by atoms with E-state index in [1.54, 1.807) is 25.3 Å². The highest BCUT2D eigenvalue weighted by Gasteiger charge is 2.27. The summed E-state index contributed by atoms with van der Waals surface area (Å²) in [4.78, 5) is 12.3. The molecule has 0 aromatic heterocycles. The number of alkyl halides is 1. The number of halogens is 1. The van der Waals surface area contributed by atoms with Gasteiger partial charge in [-0.2, -0.15) is 0 Å². The minimum atomic E-state index is -0.510. The zero-order chi connectivity index (χ0) is 14.6. The van der Waals surface area contributed by atoms with Crippen LogP contribution in [0.5, 0.6) is 11.5 Å². The number of ether oxygens (including phenoxy) is 2. The van der Waals surface area contributed by atoms with Crippen LogP contribution < -0.4 is 14.8 Å². The summed E-state index contributed by atoms with van der Waals surface area (Å²) in [6, 6.07) is 5.06. The van der Waals surface area contributed by atoms with Gasteiger partial charge in [0.05, 0.1) is 30.7 Å². The molecule has 1 amide bonds. The normalized spacial score (nSPS) is 12.7. The Balaban J connectivity index is 3.00. The molecule has 0 aliphatic carbocycles. The van der Waals surface area contributed by atoms with Crippen molar-refractivity contribution in [2.45, 2.75) is 31.7 Å². The highest BCUT2D eigenvalue weighted by atomic mass is 35.5. The van der Waals surface area contributed by atoms with Gasteiger partial charge in [0.2, 0.25) is 0 Å². The first-order valence-corrected chi connectivity index (χ1v) is 6.44. The summed E-state index contributed by atoms with van der Waals surface area (Å²) in [5.41, 5.74) is -0.0578. The quantitative estimate of drug-likeness (QED) is 0.846. The first kappa shape index (κ1) is 15.6. The zero-order valence-electron chi connectivity index (χ0n) is 11.9. The Morgan fingerprint density at radius 3 is 2.42 bits per heavy atom. The maximum absolute atomic E-state index is 12.3. The highest BCUT2D eigenvalue weighted by Crippen LogP contribution is 2.25. The topological polar surface area (TPSA) is 47.6 Å². The lowest BCUT2D eigenvalue weighted by atomic mass is 10.0. The molecule has 5 heteroatoms. The summed E-state index contributed by atoms with van der Waals surface area (Å²) in [6.45, 7) is 5.59. The van der Waals surface area contributed by atoms with Crippen molar-refractivity contribution < 1.29 is 14.3 Å². The molecule has 1 rings (SSSR count). The van der Waals surface area contributed by atoms with E-state index in [2.05, 4.69) is 5.32 Å². The zero-order valence-corrected chi connectivity index (χ0v) is 12.7. The van der Waals surface area contributed by atoms with Crippen molar-refractivity contribution >= 4 is 17.5 Å². The number of hydrogen-bond acceptors (Lipinski definition) is 3. The molecule has 0 fully saturated rings. The molecule has 0 spiro atoms. The van der Waals surface area contributed by atoms with Gasteiger partial charge >= 0.3 is 0 Å².